The molecule has 100 valence electrons. The number of benzene rings is 1. The zero-order chi connectivity index (χ0) is 13.5. The SMILES string of the molecule is CCCC(CN)C(=O)Nc1cc(Br)cc(OC)c1. The molecule has 0 fully saturated rings. The van der Waals surface area contributed by atoms with Gasteiger partial charge in [0.1, 0.15) is 5.75 Å². The van der Waals surface area contributed by atoms with Gasteiger partial charge in [0.15, 0.2) is 0 Å². The summed E-state index contributed by atoms with van der Waals surface area (Å²) in [4.78, 5) is 12.0. The fourth-order valence-corrected chi connectivity index (χ4v) is 2.17. The molecule has 1 amide bonds. The van der Waals surface area contributed by atoms with Gasteiger partial charge < -0.3 is 15.8 Å². The van der Waals surface area contributed by atoms with Crippen molar-refractivity contribution in [3.63, 3.8) is 0 Å². The number of ether oxygens (including phenoxy) is 1. The van der Waals surface area contributed by atoms with Crippen LogP contribution in [0.2, 0.25) is 0 Å². The molecule has 0 radical (unpaired) electrons. The minimum Gasteiger partial charge on any atom is -0.497 e. The van der Waals surface area contributed by atoms with Crippen LogP contribution in [0.25, 0.3) is 0 Å². The molecule has 1 unspecified atom stereocenters. The Bertz CT molecular complexity index is 410. The van der Waals surface area contributed by atoms with Crippen LogP contribution in [0.3, 0.4) is 0 Å². The van der Waals surface area contributed by atoms with E-state index in [-0.39, 0.29) is 11.8 Å². The quantitative estimate of drug-likeness (QED) is 0.848. The van der Waals surface area contributed by atoms with Crippen molar-refractivity contribution < 1.29 is 9.53 Å². The monoisotopic (exact) mass is 314 g/mol. The minimum atomic E-state index is -0.139. The number of carbonyl (C=O) groups excluding carboxylic acids is 1. The van der Waals surface area contributed by atoms with Gasteiger partial charge in [-0.25, -0.2) is 0 Å². The average Bonchev–Trinajstić information content (AvgIpc) is 2.34. The lowest BCUT2D eigenvalue weighted by Crippen LogP contribution is -2.29. The van der Waals surface area contributed by atoms with Crippen molar-refractivity contribution in [2.45, 2.75) is 19.8 Å². The second kappa shape index (κ2) is 7.38. The van der Waals surface area contributed by atoms with Crippen molar-refractivity contribution in [3.05, 3.63) is 22.7 Å². The van der Waals surface area contributed by atoms with Crippen molar-refractivity contribution in [3.8, 4) is 5.75 Å². The van der Waals surface area contributed by atoms with Crippen LogP contribution >= 0.6 is 15.9 Å². The highest BCUT2D eigenvalue weighted by Gasteiger charge is 2.16. The van der Waals surface area contributed by atoms with E-state index in [1.807, 2.05) is 19.1 Å². The first-order chi connectivity index (χ1) is 8.60. The van der Waals surface area contributed by atoms with Crippen LogP contribution in [-0.2, 0) is 4.79 Å². The van der Waals surface area contributed by atoms with Gasteiger partial charge in [-0.05, 0) is 18.6 Å². The van der Waals surface area contributed by atoms with Crippen LogP contribution in [0.15, 0.2) is 22.7 Å². The fraction of sp³-hybridized carbons (Fsp3) is 0.462. The number of methoxy groups -OCH3 is 1. The maximum absolute atomic E-state index is 12.0. The molecule has 0 saturated heterocycles. The number of nitrogens with two attached hydrogens (primary N) is 1. The third-order valence-electron chi connectivity index (χ3n) is 2.67. The van der Waals surface area contributed by atoms with E-state index in [1.165, 1.54) is 0 Å². The molecule has 4 nitrogen and oxygen atoms in total. The van der Waals surface area contributed by atoms with Gasteiger partial charge in [0.25, 0.3) is 0 Å². The van der Waals surface area contributed by atoms with Gasteiger partial charge in [0.2, 0.25) is 5.91 Å². The lowest BCUT2D eigenvalue weighted by Gasteiger charge is -2.14. The molecule has 18 heavy (non-hydrogen) atoms. The average molecular weight is 315 g/mol. The Morgan fingerprint density at radius 1 is 1.50 bits per heavy atom. The zero-order valence-corrected chi connectivity index (χ0v) is 12.3. The van der Waals surface area contributed by atoms with E-state index in [0.717, 1.165) is 17.3 Å². The molecule has 0 aliphatic rings. The molecule has 3 N–H and O–H groups in total. The lowest BCUT2D eigenvalue weighted by atomic mass is 10.0. The van der Waals surface area contributed by atoms with Crippen molar-refractivity contribution in [2.75, 3.05) is 19.0 Å². The van der Waals surface area contributed by atoms with Crippen molar-refractivity contribution in [2.24, 2.45) is 11.7 Å². The van der Waals surface area contributed by atoms with Gasteiger partial charge >= 0.3 is 0 Å². The maximum atomic E-state index is 12.0. The normalized spacial score (nSPS) is 12.0. The molecule has 1 aromatic rings. The summed E-state index contributed by atoms with van der Waals surface area (Å²) in [5.74, 6) is 0.513. The van der Waals surface area contributed by atoms with Gasteiger partial charge in [-0.3, -0.25) is 4.79 Å². The summed E-state index contributed by atoms with van der Waals surface area (Å²) in [6.45, 7) is 2.41. The Morgan fingerprint density at radius 2 is 2.22 bits per heavy atom. The number of nitrogens with one attached hydrogen (secondary N) is 1. The van der Waals surface area contributed by atoms with Gasteiger partial charge in [0.05, 0.1) is 13.0 Å². The number of anilines is 1. The molecule has 0 heterocycles. The summed E-state index contributed by atoms with van der Waals surface area (Å²) >= 11 is 3.37. The number of rotatable bonds is 6. The molecule has 0 spiro atoms. The molecule has 0 saturated carbocycles. The van der Waals surface area contributed by atoms with Gasteiger partial charge in [-0.15, -0.1) is 0 Å². The Balaban J connectivity index is 2.77. The molecule has 1 aromatic carbocycles. The highest BCUT2D eigenvalue weighted by atomic mass is 79.9. The van der Waals surface area contributed by atoms with Crippen molar-refractivity contribution in [1.82, 2.24) is 0 Å². The predicted molar refractivity (Wildman–Crippen MR) is 76.8 cm³/mol. The second-order valence-corrected chi connectivity index (χ2v) is 5.01. The van der Waals surface area contributed by atoms with E-state index in [1.54, 1.807) is 13.2 Å². The maximum Gasteiger partial charge on any atom is 0.228 e. The van der Waals surface area contributed by atoms with Gasteiger partial charge in [-0.1, -0.05) is 29.3 Å². The van der Waals surface area contributed by atoms with Crippen LogP contribution < -0.4 is 15.8 Å². The van der Waals surface area contributed by atoms with E-state index >= 15 is 0 Å². The molecule has 1 rings (SSSR count). The van der Waals surface area contributed by atoms with Crippen molar-refractivity contribution in [1.29, 1.82) is 0 Å². The van der Waals surface area contributed by atoms with Gasteiger partial charge in [-0.2, -0.15) is 0 Å². The summed E-state index contributed by atoms with van der Waals surface area (Å²) in [5, 5.41) is 2.86. The summed E-state index contributed by atoms with van der Waals surface area (Å²) in [6, 6.07) is 5.45. The Morgan fingerprint density at radius 3 is 2.78 bits per heavy atom. The van der Waals surface area contributed by atoms with Crippen LogP contribution in [-0.4, -0.2) is 19.6 Å². The Kier molecular flexibility index (Phi) is 6.15. The topological polar surface area (TPSA) is 64.4 Å². The highest BCUT2D eigenvalue weighted by molar-refractivity contribution is 9.10. The first-order valence-corrected chi connectivity index (χ1v) is 6.75. The summed E-state index contributed by atoms with van der Waals surface area (Å²) in [6.07, 6.45) is 1.74. The zero-order valence-electron chi connectivity index (χ0n) is 10.7. The van der Waals surface area contributed by atoms with Crippen LogP contribution in [0.1, 0.15) is 19.8 Å². The molecule has 1 atom stereocenters. The molecule has 0 aromatic heterocycles. The number of hydrogen-bond donors (Lipinski definition) is 2. The minimum absolute atomic E-state index is 0.0421. The van der Waals surface area contributed by atoms with Crippen LogP contribution in [0, 0.1) is 5.92 Å². The third-order valence-corrected chi connectivity index (χ3v) is 3.12. The van der Waals surface area contributed by atoms with E-state index in [4.69, 9.17) is 10.5 Å². The molecule has 0 aliphatic carbocycles. The molecule has 0 bridgehead atoms. The third kappa shape index (κ3) is 4.31. The number of hydrogen-bond acceptors (Lipinski definition) is 3. The second-order valence-electron chi connectivity index (χ2n) is 4.09. The van der Waals surface area contributed by atoms with E-state index in [0.29, 0.717) is 18.0 Å². The van der Waals surface area contributed by atoms with Gasteiger partial charge in [0, 0.05) is 22.8 Å². The Hall–Kier alpha value is -1.07. The molecule has 5 heteroatoms. The number of carbonyl (C=O) groups is 1. The van der Waals surface area contributed by atoms with E-state index in [2.05, 4.69) is 21.2 Å². The van der Waals surface area contributed by atoms with E-state index in [9.17, 15) is 4.79 Å². The van der Waals surface area contributed by atoms with Crippen molar-refractivity contribution >= 4 is 27.5 Å². The van der Waals surface area contributed by atoms with E-state index < -0.39 is 0 Å². The summed E-state index contributed by atoms with van der Waals surface area (Å²) in [5.41, 5.74) is 6.31. The summed E-state index contributed by atoms with van der Waals surface area (Å²) in [7, 11) is 1.59. The van der Waals surface area contributed by atoms with Crippen LogP contribution in [0.5, 0.6) is 5.75 Å². The first kappa shape index (κ1) is 15.0. The smallest absolute Gasteiger partial charge is 0.228 e. The number of amides is 1. The standard InChI is InChI=1S/C13H19BrN2O2/c1-3-4-9(8-15)13(17)16-11-5-10(14)6-12(7-11)18-2/h5-7,9H,3-4,8,15H2,1-2H3,(H,16,17). The molecular weight excluding hydrogens is 296 g/mol. The van der Waals surface area contributed by atoms with Crippen LogP contribution in [0.4, 0.5) is 5.69 Å². The largest absolute Gasteiger partial charge is 0.497 e. The first-order valence-electron chi connectivity index (χ1n) is 5.96. The molecular formula is C13H19BrN2O2. The summed E-state index contributed by atoms with van der Waals surface area (Å²) < 4.78 is 6.00. The highest BCUT2D eigenvalue weighted by Crippen LogP contribution is 2.25. The molecule has 0 aliphatic heterocycles. The fourth-order valence-electron chi connectivity index (χ4n) is 1.70. The lowest BCUT2D eigenvalue weighted by molar-refractivity contribution is -0.119. The number of halogens is 1. The Labute approximate surface area is 116 Å². The predicted octanol–water partition coefficient (Wildman–Crippen LogP) is 2.77.